The first-order chi connectivity index (χ1) is 11.5. The topological polar surface area (TPSA) is 71.7 Å². The van der Waals surface area contributed by atoms with E-state index in [4.69, 9.17) is 22.1 Å². The zero-order valence-electron chi connectivity index (χ0n) is 13.1. The van der Waals surface area contributed by atoms with Gasteiger partial charge in [-0.1, -0.05) is 12.1 Å². The summed E-state index contributed by atoms with van der Waals surface area (Å²) in [7, 11) is 1.61. The van der Waals surface area contributed by atoms with E-state index in [-0.39, 0.29) is 12.3 Å². The number of aromatic hydroxyl groups is 1. The molecule has 0 radical (unpaired) electrons. The molecular formula is C17H17NO4S2. The van der Waals surface area contributed by atoms with Crippen LogP contribution < -0.4 is 4.74 Å². The van der Waals surface area contributed by atoms with E-state index in [1.54, 1.807) is 23.8 Å². The smallest absolute Gasteiger partial charge is 0.303 e. The Kier molecular flexibility index (Phi) is 6.37. The van der Waals surface area contributed by atoms with Crippen molar-refractivity contribution in [2.75, 3.05) is 7.11 Å². The first kappa shape index (κ1) is 18.0. The lowest BCUT2D eigenvalue weighted by Gasteiger charge is -2.02. The van der Waals surface area contributed by atoms with Crippen LogP contribution in [0.1, 0.15) is 23.3 Å². The van der Waals surface area contributed by atoms with Gasteiger partial charge in [0.1, 0.15) is 5.75 Å². The number of aromatic nitrogens is 1. The number of methoxy groups -OCH3 is 1. The highest BCUT2D eigenvalue weighted by molar-refractivity contribution is 7.73. The molecular weight excluding hydrogens is 346 g/mol. The molecule has 7 heteroatoms. The molecule has 0 aliphatic rings. The summed E-state index contributed by atoms with van der Waals surface area (Å²) >= 11 is 6.48. The van der Waals surface area contributed by atoms with Crippen molar-refractivity contribution < 1.29 is 19.7 Å². The van der Waals surface area contributed by atoms with Gasteiger partial charge in [0, 0.05) is 19.0 Å². The second-order valence-electron chi connectivity index (χ2n) is 4.93. The van der Waals surface area contributed by atoms with Crippen molar-refractivity contribution in [1.82, 2.24) is 4.57 Å². The maximum atomic E-state index is 10.6. The van der Waals surface area contributed by atoms with Crippen LogP contribution in [0, 0.1) is 3.95 Å². The Balaban J connectivity index is 2.12. The molecule has 2 rings (SSSR count). The maximum Gasteiger partial charge on any atom is 0.303 e. The molecule has 1 heterocycles. The van der Waals surface area contributed by atoms with E-state index in [2.05, 4.69) is 5.73 Å². The lowest BCUT2D eigenvalue weighted by Crippen LogP contribution is -2.01. The number of hydrogen-bond acceptors (Lipinski definition) is 5. The fraction of sp³-hybridized carbons (Fsp3) is 0.235. The van der Waals surface area contributed by atoms with Gasteiger partial charge in [-0.15, -0.1) is 17.1 Å². The van der Waals surface area contributed by atoms with Gasteiger partial charge in [0.05, 0.1) is 12.0 Å². The summed E-state index contributed by atoms with van der Waals surface area (Å²) in [6, 6.07) is 7.51. The summed E-state index contributed by atoms with van der Waals surface area (Å²) in [6.45, 7) is 0.378. The van der Waals surface area contributed by atoms with Crippen molar-refractivity contribution in [2.45, 2.75) is 19.4 Å². The van der Waals surface area contributed by atoms with E-state index in [9.17, 15) is 9.90 Å². The van der Waals surface area contributed by atoms with Crippen molar-refractivity contribution in [3.63, 3.8) is 0 Å². The van der Waals surface area contributed by atoms with Crippen LogP contribution in [-0.2, 0) is 11.3 Å². The summed E-state index contributed by atoms with van der Waals surface area (Å²) in [5.74, 6) is -0.0324. The minimum absolute atomic E-state index is 0.0413. The first-order valence-electron chi connectivity index (χ1n) is 7.22. The molecule has 0 fully saturated rings. The van der Waals surface area contributed by atoms with E-state index in [1.165, 1.54) is 11.3 Å². The third-order valence-electron chi connectivity index (χ3n) is 3.25. The summed E-state index contributed by atoms with van der Waals surface area (Å²) in [6.07, 6.45) is 3.91. The highest BCUT2D eigenvalue weighted by atomic mass is 32.1. The molecule has 2 aromatic rings. The van der Waals surface area contributed by atoms with Crippen LogP contribution in [0.5, 0.6) is 11.6 Å². The molecule has 1 aromatic heterocycles. The van der Waals surface area contributed by atoms with E-state index in [0.717, 1.165) is 11.3 Å². The molecule has 0 aliphatic carbocycles. The Morgan fingerprint density at radius 1 is 1.38 bits per heavy atom. The molecule has 0 saturated carbocycles. The number of carbonyl (C=O) groups is 1. The van der Waals surface area contributed by atoms with E-state index < -0.39 is 5.97 Å². The van der Waals surface area contributed by atoms with E-state index in [1.807, 2.05) is 24.3 Å². The van der Waals surface area contributed by atoms with Crippen molar-refractivity contribution in [3.8, 4) is 11.6 Å². The maximum absolute atomic E-state index is 10.6. The molecule has 2 N–H and O–H groups in total. The monoisotopic (exact) mass is 363 g/mol. The molecule has 1 aromatic carbocycles. The molecule has 5 nitrogen and oxygen atoms in total. The average molecular weight is 363 g/mol. The zero-order valence-corrected chi connectivity index (χ0v) is 14.7. The second kappa shape index (κ2) is 8.49. The Morgan fingerprint density at radius 3 is 2.71 bits per heavy atom. The minimum Gasteiger partial charge on any atom is -0.497 e. The first-order valence-corrected chi connectivity index (χ1v) is 8.44. The molecule has 0 bridgehead atoms. The summed E-state index contributed by atoms with van der Waals surface area (Å²) in [5.41, 5.74) is 3.97. The van der Waals surface area contributed by atoms with Crippen LogP contribution >= 0.6 is 23.6 Å². The quantitative estimate of drug-likeness (QED) is 0.570. The number of carboxylic acid groups (broad SMARTS) is 1. The molecule has 0 aliphatic heterocycles. The lowest BCUT2D eigenvalue weighted by molar-refractivity contribution is -0.137. The predicted molar refractivity (Wildman–Crippen MR) is 97.1 cm³/mol. The minimum atomic E-state index is -0.862. The SMILES string of the molecule is COc1ccc(C=C=Cc2sc(=S)n(CCCC(=O)O)c2O)cc1. The fourth-order valence-corrected chi connectivity index (χ4v) is 3.26. The van der Waals surface area contributed by atoms with Crippen LogP contribution in [0.2, 0.25) is 0 Å². The van der Waals surface area contributed by atoms with Gasteiger partial charge in [-0.3, -0.25) is 9.36 Å². The normalized spacial score (nSPS) is 10.0. The van der Waals surface area contributed by atoms with Crippen LogP contribution in [0.4, 0.5) is 0 Å². The van der Waals surface area contributed by atoms with Crippen LogP contribution in [0.3, 0.4) is 0 Å². The van der Waals surface area contributed by atoms with Crippen molar-refractivity contribution in [3.05, 3.63) is 44.4 Å². The van der Waals surface area contributed by atoms with Gasteiger partial charge in [0.15, 0.2) is 3.95 Å². The van der Waals surface area contributed by atoms with Gasteiger partial charge >= 0.3 is 5.97 Å². The number of benzene rings is 1. The fourth-order valence-electron chi connectivity index (χ4n) is 2.01. The van der Waals surface area contributed by atoms with Crippen LogP contribution in [-0.4, -0.2) is 27.9 Å². The Morgan fingerprint density at radius 2 is 2.08 bits per heavy atom. The molecule has 126 valence electrons. The van der Waals surface area contributed by atoms with Gasteiger partial charge in [0.25, 0.3) is 0 Å². The highest BCUT2D eigenvalue weighted by Gasteiger charge is 2.09. The molecule has 0 amide bonds. The third-order valence-corrected chi connectivity index (χ3v) is 4.63. The number of carboxylic acids is 1. The number of hydrogen-bond donors (Lipinski definition) is 2. The predicted octanol–water partition coefficient (Wildman–Crippen LogP) is 4.18. The van der Waals surface area contributed by atoms with Crippen LogP contribution in [0.15, 0.2) is 30.0 Å². The van der Waals surface area contributed by atoms with E-state index >= 15 is 0 Å². The third kappa shape index (κ3) is 4.83. The van der Waals surface area contributed by atoms with Gasteiger partial charge in [0.2, 0.25) is 5.88 Å². The Hall–Kier alpha value is -2.34. The number of nitrogens with zero attached hydrogens (tertiary/aromatic N) is 1. The number of rotatable bonds is 7. The van der Waals surface area contributed by atoms with Gasteiger partial charge < -0.3 is 14.9 Å². The lowest BCUT2D eigenvalue weighted by atomic mass is 10.2. The Bertz CT molecular complexity index is 827. The van der Waals surface area contributed by atoms with Crippen molar-refractivity contribution >= 4 is 41.7 Å². The van der Waals surface area contributed by atoms with Gasteiger partial charge in [-0.25, -0.2) is 0 Å². The molecule has 0 atom stereocenters. The average Bonchev–Trinajstić information content (AvgIpc) is 2.83. The summed E-state index contributed by atoms with van der Waals surface area (Å²) in [4.78, 5) is 11.2. The standard InChI is InChI=1S/C17H17NO4S2/c1-22-13-9-7-12(8-10-13)4-2-5-14-16(21)18(17(23)24-14)11-3-6-15(19)20/h4-5,7-10,21H,3,6,11H2,1H3,(H,19,20). The number of aliphatic carboxylic acids is 1. The summed E-state index contributed by atoms with van der Waals surface area (Å²) in [5, 5.41) is 18.9. The van der Waals surface area contributed by atoms with E-state index in [0.29, 0.717) is 21.8 Å². The van der Waals surface area contributed by atoms with Crippen LogP contribution in [0.25, 0.3) is 12.2 Å². The number of ether oxygens (including phenoxy) is 1. The Labute approximate surface area is 148 Å². The van der Waals surface area contributed by atoms with Crippen molar-refractivity contribution in [1.29, 1.82) is 0 Å². The highest BCUT2D eigenvalue weighted by Crippen LogP contribution is 2.27. The molecule has 24 heavy (non-hydrogen) atoms. The number of thiazole rings is 1. The van der Waals surface area contributed by atoms with Crippen molar-refractivity contribution in [2.24, 2.45) is 0 Å². The van der Waals surface area contributed by atoms with Gasteiger partial charge in [-0.05, 0) is 42.4 Å². The molecule has 0 unspecified atom stereocenters. The largest absolute Gasteiger partial charge is 0.497 e. The zero-order chi connectivity index (χ0) is 17.5. The molecule has 0 spiro atoms. The summed E-state index contributed by atoms with van der Waals surface area (Å²) < 4.78 is 7.15. The van der Waals surface area contributed by atoms with Gasteiger partial charge in [-0.2, -0.15) is 0 Å². The molecule has 0 saturated heterocycles. The second-order valence-corrected chi connectivity index (χ2v) is 6.61.